The van der Waals surface area contributed by atoms with Gasteiger partial charge in [0.15, 0.2) is 0 Å². The standard InChI is InChI=1S/C10H24N2O/c1-9(10(2)13)12(5)8-6-7-11(3)4/h9-10,13H,6-8H2,1-5H3. The lowest BCUT2D eigenvalue weighted by Crippen LogP contribution is -2.38. The van der Waals surface area contributed by atoms with Gasteiger partial charge in [-0.1, -0.05) is 0 Å². The quantitative estimate of drug-likeness (QED) is 0.662. The van der Waals surface area contributed by atoms with Gasteiger partial charge in [0.2, 0.25) is 0 Å². The van der Waals surface area contributed by atoms with Crippen molar-refractivity contribution >= 4 is 0 Å². The highest BCUT2D eigenvalue weighted by Gasteiger charge is 2.13. The molecule has 3 heteroatoms. The third kappa shape index (κ3) is 6.02. The molecule has 1 N–H and O–H groups in total. The summed E-state index contributed by atoms with van der Waals surface area (Å²) in [6.45, 7) is 6.05. The number of nitrogens with zero attached hydrogens (tertiary/aromatic N) is 2. The molecular weight excluding hydrogens is 164 g/mol. The zero-order valence-electron chi connectivity index (χ0n) is 9.62. The van der Waals surface area contributed by atoms with Crippen molar-refractivity contribution in [3.63, 3.8) is 0 Å². The van der Waals surface area contributed by atoms with Crippen molar-refractivity contribution < 1.29 is 5.11 Å². The lowest BCUT2D eigenvalue weighted by Gasteiger charge is -2.27. The molecule has 0 aliphatic carbocycles. The van der Waals surface area contributed by atoms with Gasteiger partial charge in [-0.05, 0) is 54.5 Å². The molecule has 0 aliphatic rings. The molecule has 0 saturated heterocycles. The molecule has 2 atom stereocenters. The normalized spacial score (nSPS) is 16.6. The molecular formula is C10H24N2O. The van der Waals surface area contributed by atoms with Crippen molar-refractivity contribution in [2.45, 2.75) is 32.4 Å². The highest BCUT2D eigenvalue weighted by Crippen LogP contribution is 2.01. The second kappa shape index (κ2) is 6.35. The third-order valence-corrected chi connectivity index (χ3v) is 2.51. The van der Waals surface area contributed by atoms with Gasteiger partial charge in [-0.15, -0.1) is 0 Å². The van der Waals surface area contributed by atoms with Crippen molar-refractivity contribution in [3.05, 3.63) is 0 Å². The van der Waals surface area contributed by atoms with Crippen LogP contribution in [0, 0.1) is 0 Å². The van der Waals surface area contributed by atoms with E-state index in [0.717, 1.165) is 19.5 Å². The Labute approximate surface area is 82.3 Å². The predicted molar refractivity (Wildman–Crippen MR) is 56.9 cm³/mol. The van der Waals surface area contributed by atoms with Crippen molar-refractivity contribution in [1.29, 1.82) is 0 Å². The lowest BCUT2D eigenvalue weighted by atomic mass is 10.2. The Morgan fingerprint density at radius 2 is 1.62 bits per heavy atom. The lowest BCUT2D eigenvalue weighted by molar-refractivity contribution is 0.0849. The van der Waals surface area contributed by atoms with Crippen molar-refractivity contribution in [1.82, 2.24) is 9.80 Å². The number of aliphatic hydroxyl groups excluding tert-OH is 1. The summed E-state index contributed by atoms with van der Waals surface area (Å²) >= 11 is 0. The Hall–Kier alpha value is -0.120. The molecule has 2 unspecified atom stereocenters. The molecule has 0 aromatic rings. The average molecular weight is 188 g/mol. The molecule has 0 saturated carbocycles. The molecule has 3 nitrogen and oxygen atoms in total. The van der Waals surface area contributed by atoms with E-state index >= 15 is 0 Å². The molecule has 0 amide bonds. The summed E-state index contributed by atoms with van der Waals surface area (Å²) in [7, 11) is 6.23. The van der Waals surface area contributed by atoms with E-state index in [1.54, 1.807) is 0 Å². The van der Waals surface area contributed by atoms with Gasteiger partial charge in [0, 0.05) is 6.04 Å². The average Bonchev–Trinajstić information content (AvgIpc) is 2.02. The van der Waals surface area contributed by atoms with Crippen molar-refractivity contribution in [3.8, 4) is 0 Å². The number of aliphatic hydroxyl groups is 1. The number of likely N-dealkylation sites (N-methyl/N-ethyl adjacent to an activating group) is 1. The zero-order valence-corrected chi connectivity index (χ0v) is 9.62. The van der Waals surface area contributed by atoms with E-state index < -0.39 is 0 Å². The first-order chi connectivity index (χ1) is 5.95. The molecule has 0 bridgehead atoms. The first kappa shape index (κ1) is 12.9. The van der Waals surface area contributed by atoms with Crippen LogP contribution >= 0.6 is 0 Å². The summed E-state index contributed by atoms with van der Waals surface area (Å²) in [5.74, 6) is 0. The third-order valence-electron chi connectivity index (χ3n) is 2.51. The van der Waals surface area contributed by atoms with Crippen LogP contribution in [0.3, 0.4) is 0 Å². The minimum absolute atomic E-state index is 0.246. The molecule has 0 aromatic carbocycles. The Morgan fingerprint density at radius 1 is 1.08 bits per heavy atom. The topological polar surface area (TPSA) is 26.7 Å². The summed E-state index contributed by atoms with van der Waals surface area (Å²) in [6, 6.07) is 0.252. The van der Waals surface area contributed by atoms with E-state index in [1.165, 1.54) is 0 Å². The van der Waals surface area contributed by atoms with E-state index in [4.69, 9.17) is 0 Å². The molecule has 0 fully saturated rings. The maximum absolute atomic E-state index is 9.35. The summed E-state index contributed by atoms with van der Waals surface area (Å²) in [5.41, 5.74) is 0. The molecule has 0 aromatic heterocycles. The molecule has 0 spiro atoms. The minimum Gasteiger partial charge on any atom is -0.392 e. The van der Waals surface area contributed by atoms with E-state index in [-0.39, 0.29) is 12.1 Å². The van der Waals surface area contributed by atoms with E-state index in [9.17, 15) is 5.11 Å². The van der Waals surface area contributed by atoms with Gasteiger partial charge in [-0.3, -0.25) is 0 Å². The van der Waals surface area contributed by atoms with E-state index in [0.29, 0.717) is 0 Å². The SMILES string of the molecule is CC(O)C(C)N(C)CCCN(C)C. The summed E-state index contributed by atoms with van der Waals surface area (Å²) in [4.78, 5) is 4.38. The fourth-order valence-corrected chi connectivity index (χ4v) is 1.21. The monoisotopic (exact) mass is 188 g/mol. The van der Waals surface area contributed by atoms with Crippen LogP contribution in [0.25, 0.3) is 0 Å². The fourth-order valence-electron chi connectivity index (χ4n) is 1.21. The Balaban J connectivity index is 3.55. The Morgan fingerprint density at radius 3 is 2.00 bits per heavy atom. The van der Waals surface area contributed by atoms with E-state index in [2.05, 4.69) is 37.9 Å². The van der Waals surface area contributed by atoms with Gasteiger partial charge in [-0.25, -0.2) is 0 Å². The van der Waals surface area contributed by atoms with Crippen LogP contribution in [0.1, 0.15) is 20.3 Å². The maximum Gasteiger partial charge on any atom is 0.0664 e. The molecule has 0 radical (unpaired) electrons. The van der Waals surface area contributed by atoms with Crippen LogP contribution in [-0.4, -0.2) is 61.3 Å². The smallest absolute Gasteiger partial charge is 0.0664 e. The van der Waals surface area contributed by atoms with Crippen LogP contribution in [-0.2, 0) is 0 Å². The van der Waals surface area contributed by atoms with Gasteiger partial charge in [0.1, 0.15) is 0 Å². The van der Waals surface area contributed by atoms with Crippen molar-refractivity contribution in [2.24, 2.45) is 0 Å². The van der Waals surface area contributed by atoms with Crippen LogP contribution in [0.4, 0.5) is 0 Å². The van der Waals surface area contributed by atoms with Gasteiger partial charge < -0.3 is 14.9 Å². The van der Waals surface area contributed by atoms with Gasteiger partial charge in [0.05, 0.1) is 6.10 Å². The highest BCUT2D eigenvalue weighted by molar-refractivity contribution is 4.68. The van der Waals surface area contributed by atoms with Gasteiger partial charge in [0.25, 0.3) is 0 Å². The van der Waals surface area contributed by atoms with Crippen LogP contribution in [0.5, 0.6) is 0 Å². The number of rotatable bonds is 6. The molecule has 0 heterocycles. The summed E-state index contributed by atoms with van der Waals surface area (Å²) < 4.78 is 0. The second-order valence-corrected chi connectivity index (χ2v) is 4.12. The maximum atomic E-state index is 9.35. The molecule has 13 heavy (non-hydrogen) atoms. The van der Waals surface area contributed by atoms with Crippen LogP contribution in [0.2, 0.25) is 0 Å². The second-order valence-electron chi connectivity index (χ2n) is 4.12. The predicted octanol–water partition coefficient (Wildman–Crippen LogP) is 0.639. The van der Waals surface area contributed by atoms with Crippen LogP contribution < -0.4 is 0 Å². The van der Waals surface area contributed by atoms with Crippen LogP contribution in [0.15, 0.2) is 0 Å². The fraction of sp³-hybridized carbons (Fsp3) is 1.00. The largest absolute Gasteiger partial charge is 0.392 e. The first-order valence-corrected chi connectivity index (χ1v) is 4.98. The molecule has 0 aliphatic heterocycles. The Bertz CT molecular complexity index is 126. The van der Waals surface area contributed by atoms with Gasteiger partial charge >= 0.3 is 0 Å². The molecule has 80 valence electrons. The number of hydrogen-bond donors (Lipinski definition) is 1. The van der Waals surface area contributed by atoms with E-state index in [1.807, 2.05) is 6.92 Å². The zero-order chi connectivity index (χ0) is 10.4. The highest BCUT2D eigenvalue weighted by atomic mass is 16.3. The summed E-state index contributed by atoms with van der Waals surface area (Å²) in [6.07, 6.45) is 0.907. The van der Waals surface area contributed by atoms with Crippen molar-refractivity contribution in [2.75, 3.05) is 34.2 Å². The Kier molecular flexibility index (Phi) is 6.29. The molecule has 0 rings (SSSR count). The first-order valence-electron chi connectivity index (χ1n) is 4.98. The van der Waals surface area contributed by atoms with Gasteiger partial charge in [-0.2, -0.15) is 0 Å². The minimum atomic E-state index is -0.246. The number of hydrogen-bond acceptors (Lipinski definition) is 3. The summed E-state index contributed by atoms with van der Waals surface area (Å²) in [5, 5.41) is 9.35.